The van der Waals surface area contributed by atoms with Crippen LogP contribution in [0.2, 0.25) is 0 Å². The Morgan fingerprint density at radius 1 is 1.27 bits per heavy atom. The highest BCUT2D eigenvalue weighted by molar-refractivity contribution is 14.0. The van der Waals surface area contributed by atoms with Gasteiger partial charge >= 0.3 is 0 Å². The molecule has 1 fully saturated rings. The van der Waals surface area contributed by atoms with Crippen LogP contribution in [0, 0.1) is 11.8 Å². The van der Waals surface area contributed by atoms with Crippen LogP contribution in [0.25, 0.3) is 0 Å². The van der Waals surface area contributed by atoms with Gasteiger partial charge in [0.1, 0.15) is 5.75 Å². The lowest BCUT2D eigenvalue weighted by Crippen LogP contribution is -2.49. The SMILES string of the molecule is CN=C(NCC(c1ccccc1OC)N(C)C)N1CC(C)CC(C)C1.I. The number of guanidine groups is 1. The minimum Gasteiger partial charge on any atom is -0.496 e. The van der Waals surface area contributed by atoms with Crippen LogP contribution in [-0.4, -0.2) is 63.6 Å². The Balaban J connectivity index is 0.00000338. The van der Waals surface area contributed by atoms with Gasteiger partial charge in [0.05, 0.1) is 13.2 Å². The molecule has 2 rings (SSSR count). The van der Waals surface area contributed by atoms with Crippen LogP contribution in [0.5, 0.6) is 5.75 Å². The van der Waals surface area contributed by atoms with Crippen molar-refractivity contribution in [3.63, 3.8) is 0 Å². The second-order valence-corrected chi connectivity index (χ2v) is 7.50. The molecule has 0 bridgehead atoms. The van der Waals surface area contributed by atoms with E-state index in [-0.39, 0.29) is 30.0 Å². The van der Waals surface area contributed by atoms with E-state index in [0.29, 0.717) is 11.8 Å². The van der Waals surface area contributed by atoms with Crippen LogP contribution in [-0.2, 0) is 0 Å². The Labute approximate surface area is 176 Å². The van der Waals surface area contributed by atoms with Crippen molar-refractivity contribution in [3.05, 3.63) is 29.8 Å². The minimum atomic E-state index is 0. The van der Waals surface area contributed by atoms with Crippen LogP contribution in [0.1, 0.15) is 31.9 Å². The zero-order chi connectivity index (χ0) is 18.4. The number of para-hydroxylation sites is 1. The predicted octanol–water partition coefficient (Wildman–Crippen LogP) is 3.47. The largest absolute Gasteiger partial charge is 0.496 e. The Morgan fingerprint density at radius 2 is 1.88 bits per heavy atom. The lowest BCUT2D eigenvalue weighted by atomic mass is 9.92. The van der Waals surface area contributed by atoms with Gasteiger partial charge in [-0.05, 0) is 38.4 Å². The molecule has 0 spiro atoms. The lowest BCUT2D eigenvalue weighted by molar-refractivity contribution is 0.206. The third kappa shape index (κ3) is 6.01. The Bertz CT molecular complexity index is 569. The first-order valence-electron chi connectivity index (χ1n) is 9.21. The third-order valence-corrected chi connectivity index (χ3v) is 4.95. The van der Waals surface area contributed by atoms with E-state index in [1.807, 2.05) is 19.2 Å². The highest BCUT2D eigenvalue weighted by atomic mass is 127. The molecule has 26 heavy (non-hydrogen) atoms. The topological polar surface area (TPSA) is 40.1 Å². The van der Waals surface area contributed by atoms with Gasteiger partial charge in [-0.25, -0.2) is 0 Å². The predicted molar refractivity (Wildman–Crippen MR) is 121 cm³/mol. The number of likely N-dealkylation sites (tertiary alicyclic amines) is 1. The summed E-state index contributed by atoms with van der Waals surface area (Å²) in [5.74, 6) is 3.35. The molecule has 0 saturated carbocycles. The zero-order valence-corrected chi connectivity index (χ0v) is 19.4. The van der Waals surface area contributed by atoms with E-state index in [1.54, 1.807) is 7.11 Å². The highest BCUT2D eigenvalue weighted by Crippen LogP contribution is 2.27. The summed E-state index contributed by atoms with van der Waals surface area (Å²) < 4.78 is 5.56. The summed E-state index contributed by atoms with van der Waals surface area (Å²) in [6.45, 7) is 7.59. The standard InChI is InChI=1S/C20H34N4O.HI/c1-15-11-16(2)14-24(13-15)20(21-3)22-12-18(23(4)5)17-9-7-8-10-19(17)25-6;/h7-10,15-16,18H,11-14H2,1-6H3,(H,21,22);1H. The number of benzene rings is 1. The van der Waals surface area contributed by atoms with Crippen molar-refractivity contribution < 1.29 is 4.74 Å². The fraction of sp³-hybridized carbons (Fsp3) is 0.650. The maximum absolute atomic E-state index is 5.56. The van der Waals surface area contributed by atoms with Gasteiger partial charge in [-0.2, -0.15) is 0 Å². The number of nitrogens with one attached hydrogen (secondary N) is 1. The molecule has 1 aliphatic heterocycles. The van der Waals surface area contributed by atoms with Crippen LogP contribution in [0.15, 0.2) is 29.3 Å². The third-order valence-electron chi connectivity index (χ3n) is 4.95. The fourth-order valence-corrected chi connectivity index (χ4v) is 3.87. The van der Waals surface area contributed by atoms with Crippen LogP contribution in [0.4, 0.5) is 0 Å². The van der Waals surface area contributed by atoms with Gasteiger partial charge in [-0.1, -0.05) is 32.0 Å². The average Bonchev–Trinajstić information content (AvgIpc) is 2.57. The average molecular weight is 474 g/mol. The first kappa shape index (κ1) is 23.0. The van der Waals surface area contributed by atoms with Gasteiger partial charge in [0.15, 0.2) is 5.96 Å². The van der Waals surface area contributed by atoms with Gasteiger partial charge in [0.2, 0.25) is 0 Å². The van der Waals surface area contributed by atoms with E-state index in [4.69, 9.17) is 4.74 Å². The second kappa shape index (κ2) is 11.0. The van der Waals surface area contributed by atoms with Crippen molar-refractivity contribution >= 4 is 29.9 Å². The van der Waals surface area contributed by atoms with Gasteiger partial charge in [0.25, 0.3) is 0 Å². The molecule has 3 atom stereocenters. The molecule has 3 unspecified atom stereocenters. The molecular formula is C20H35IN4O. The first-order chi connectivity index (χ1) is 12.0. The molecule has 1 saturated heterocycles. The molecule has 148 valence electrons. The second-order valence-electron chi connectivity index (χ2n) is 7.50. The fourth-order valence-electron chi connectivity index (χ4n) is 3.87. The molecule has 1 heterocycles. The summed E-state index contributed by atoms with van der Waals surface area (Å²) in [6, 6.07) is 8.45. The first-order valence-corrected chi connectivity index (χ1v) is 9.21. The number of nitrogens with zero attached hydrogens (tertiary/aromatic N) is 3. The lowest BCUT2D eigenvalue weighted by Gasteiger charge is -2.38. The molecule has 6 heteroatoms. The van der Waals surface area contributed by atoms with Crippen molar-refractivity contribution in [1.29, 1.82) is 0 Å². The van der Waals surface area contributed by atoms with Gasteiger partial charge < -0.3 is 19.9 Å². The van der Waals surface area contributed by atoms with E-state index >= 15 is 0 Å². The number of methoxy groups -OCH3 is 1. The van der Waals surface area contributed by atoms with E-state index in [9.17, 15) is 0 Å². The Morgan fingerprint density at radius 3 is 2.42 bits per heavy atom. The number of hydrogen-bond donors (Lipinski definition) is 1. The molecule has 5 nitrogen and oxygen atoms in total. The number of piperidine rings is 1. The summed E-state index contributed by atoms with van der Waals surface area (Å²) >= 11 is 0. The minimum absolute atomic E-state index is 0. The zero-order valence-electron chi connectivity index (χ0n) is 17.0. The van der Waals surface area contributed by atoms with Crippen LogP contribution < -0.4 is 10.1 Å². The van der Waals surface area contributed by atoms with E-state index in [2.05, 4.69) is 60.2 Å². The van der Waals surface area contributed by atoms with Gasteiger partial charge in [-0.3, -0.25) is 4.99 Å². The molecule has 1 aliphatic rings. The van der Waals surface area contributed by atoms with Crippen molar-refractivity contribution in [2.24, 2.45) is 16.8 Å². The number of halogens is 1. The van der Waals surface area contributed by atoms with Crippen LogP contribution in [0.3, 0.4) is 0 Å². The van der Waals surface area contributed by atoms with Crippen molar-refractivity contribution in [2.45, 2.75) is 26.3 Å². The molecule has 1 N–H and O–H groups in total. The van der Waals surface area contributed by atoms with Crippen molar-refractivity contribution in [1.82, 2.24) is 15.1 Å². The quantitative estimate of drug-likeness (QED) is 0.403. The molecule has 1 aromatic carbocycles. The summed E-state index contributed by atoms with van der Waals surface area (Å²) in [5.41, 5.74) is 1.19. The monoisotopic (exact) mass is 474 g/mol. The normalized spacial score (nSPS) is 22.0. The molecule has 0 aromatic heterocycles. The van der Waals surface area contributed by atoms with E-state index in [0.717, 1.165) is 31.3 Å². The maximum atomic E-state index is 5.56. The van der Waals surface area contributed by atoms with Gasteiger partial charge in [0, 0.05) is 32.2 Å². The number of likely N-dealkylation sites (N-methyl/N-ethyl adjacent to an activating group) is 1. The van der Waals surface area contributed by atoms with Crippen molar-refractivity contribution in [3.8, 4) is 5.75 Å². The summed E-state index contributed by atoms with van der Waals surface area (Å²) in [6.07, 6.45) is 1.30. The maximum Gasteiger partial charge on any atom is 0.193 e. The Hall–Kier alpha value is -1.02. The molecule has 1 aromatic rings. The number of aliphatic imine (C=N–C) groups is 1. The molecule has 0 amide bonds. The summed E-state index contributed by atoms with van der Waals surface area (Å²) in [5, 5.41) is 3.59. The van der Waals surface area contributed by atoms with Gasteiger partial charge in [-0.15, -0.1) is 24.0 Å². The molecule has 0 aliphatic carbocycles. The van der Waals surface area contributed by atoms with E-state index < -0.39 is 0 Å². The highest BCUT2D eigenvalue weighted by Gasteiger charge is 2.25. The van der Waals surface area contributed by atoms with Crippen molar-refractivity contribution in [2.75, 3.05) is 47.9 Å². The number of ether oxygens (including phenoxy) is 1. The Kier molecular flexibility index (Phi) is 9.71. The summed E-state index contributed by atoms with van der Waals surface area (Å²) in [7, 11) is 7.81. The van der Waals surface area contributed by atoms with E-state index in [1.165, 1.54) is 12.0 Å². The van der Waals surface area contributed by atoms with Crippen LogP contribution >= 0.6 is 24.0 Å². The number of rotatable bonds is 5. The number of hydrogen-bond acceptors (Lipinski definition) is 3. The smallest absolute Gasteiger partial charge is 0.193 e. The molecular weight excluding hydrogens is 439 g/mol. The summed E-state index contributed by atoms with van der Waals surface area (Å²) in [4.78, 5) is 9.15. The molecule has 0 radical (unpaired) electrons.